The lowest BCUT2D eigenvalue weighted by atomic mass is 10.2. The van der Waals surface area contributed by atoms with E-state index in [2.05, 4.69) is 43.0 Å². The number of benzene rings is 1. The van der Waals surface area contributed by atoms with Crippen LogP contribution in [0.2, 0.25) is 0 Å². The lowest BCUT2D eigenvalue weighted by Gasteiger charge is -2.20. The van der Waals surface area contributed by atoms with Gasteiger partial charge in [-0.25, -0.2) is 0 Å². The van der Waals surface area contributed by atoms with Crippen molar-refractivity contribution in [3.63, 3.8) is 0 Å². The molecule has 0 bridgehead atoms. The molecule has 2 rings (SSSR count). The summed E-state index contributed by atoms with van der Waals surface area (Å²) in [4.78, 5) is 3.60. The van der Waals surface area contributed by atoms with E-state index in [-0.39, 0.29) is 5.62 Å². The minimum atomic E-state index is 0.0578. The van der Waals surface area contributed by atoms with Gasteiger partial charge in [0.25, 0.3) is 0 Å². The van der Waals surface area contributed by atoms with Gasteiger partial charge in [-0.1, -0.05) is 12.1 Å². The van der Waals surface area contributed by atoms with Gasteiger partial charge in [-0.05, 0) is 31.5 Å². The van der Waals surface area contributed by atoms with Gasteiger partial charge in [0.1, 0.15) is 5.69 Å². The van der Waals surface area contributed by atoms with Crippen molar-refractivity contribution in [3.05, 3.63) is 24.3 Å². The van der Waals surface area contributed by atoms with E-state index in [9.17, 15) is 0 Å². The molecule has 1 aliphatic rings. The Morgan fingerprint density at radius 3 is 2.71 bits per heavy atom. The summed E-state index contributed by atoms with van der Waals surface area (Å²) in [5.41, 5.74) is 2.67. The highest BCUT2D eigenvalue weighted by Crippen LogP contribution is 2.29. The van der Waals surface area contributed by atoms with Crippen LogP contribution in [-0.4, -0.2) is 18.7 Å². The Labute approximate surface area is 90.1 Å². The molecule has 2 atom stereocenters. The summed E-state index contributed by atoms with van der Waals surface area (Å²) in [6.07, 6.45) is 0. The molecule has 0 spiro atoms. The molecule has 1 aliphatic heterocycles. The van der Waals surface area contributed by atoms with Crippen molar-refractivity contribution >= 4 is 23.0 Å². The second kappa shape index (κ2) is 3.79. The number of nitrogens with zero attached hydrogens (tertiary/aromatic N) is 1. The fraction of sp³-hybridized carbons (Fsp3) is 0.455. The first kappa shape index (κ1) is 9.81. The molecule has 76 valence electrons. The zero-order chi connectivity index (χ0) is 10.1. The fourth-order valence-corrected chi connectivity index (χ4v) is 2.64. The second-order valence-electron chi connectivity index (χ2n) is 3.52. The van der Waals surface area contributed by atoms with Gasteiger partial charge in [0.05, 0.1) is 6.54 Å². The Morgan fingerprint density at radius 2 is 2.07 bits per heavy atom. The Kier molecular flexibility index (Phi) is 2.66. The van der Waals surface area contributed by atoms with Crippen molar-refractivity contribution < 1.29 is 4.90 Å². The molecular weight excluding hydrogens is 196 g/mol. The smallest absolute Gasteiger partial charge is 0.246 e. The lowest BCUT2D eigenvalue weighted by molar-refractivity contribution is -0.836. The van der Waals surface area contributed by atoms with E-state index in [4.69, 9.17) is 11.6 Å². The van der Waals surface area contributed by atoms with E-state index in [1.165, 1.54) is 16.3 Å². The number of hydrogen-bond acceptors (Lipinski definition) is 1. The second-order valence-corrected chi connectivity index (χ2v) is 3.93. The van der Waals surface area contributed by atoms with Crippen molar-refractivity contribution in [2.24, 2.45) is 0 Å². The number of quaternary nitrogens is 1. The molecule has 1 N–H and O–H groups in total. The third kappa shape index (κ3) is 1.30. The molecule has 0 fully saturated rings. The number of alkyl halides is 1. The van der Waals surface area contributed by atoms with Gasteiger partial charge in [0, 0.05) is 12.6 Å². The highest BCUT2D eigenvalue weighted by atomic mass is 35.5. The van der Waals surface area contributed by atoms with Crippen LogP contribution in [0.25, 0.3) is 0 Å². The van der Waals surface area contributed by atoms with Crippen molar-refractivity contribution in [2.75, 3.05) is 18.0 Å². The summed E-state index contributed by atoms with van der Waals surface area (Å²) in [5, 5.41) is 0. The quantitative estimate of drug-likeness (QED) is 0.577. The van der Waals surface area contributed by atoms with Gasteiger partial charge in [-0.2, -0.15) is 0 Å². The molecule has 2 nitrogen and oxygen atoms in total. The molecule has 0 radical (unpaired) electrons. The average Bonchev–Trinajstić information content (AvgIpc) is 2.49. The van der Waals surface area contributed by atoms with Crippen molar-refractivity contribution in [1.29, 1.82) is 0 Å². The first-order valence-corrected chi connectivity index (χ1v) is 5.59. The third-order valence-corrected chi connectivity index (χ3v) is 3.34. The standard InChI is InChI=1S/C11H15ClN2/c1-3-13-9-7-5-6-8-10(9)14(4-2)11(13)12/h5-8,11H,3-4H2,1-2H3/p+1. The van der Waals surface area contributed by atoms with Crippen molar-refractivity contribution in [2.45, 2.75) is 19.5 Å². The van der Waals surface area contributed by atoms with Gasteiger partial charge in [-0.3, -0.25) is 4.90 Å². The number of halogens is 1. The van der Waals surface area contributed by atoms with Crippen LogP contribution in [0.4, 0.5) is 11.4 Å². The fourth-order valence-electron chi connectivity index (χ4n) is 2.12. The Hall–Kier alpha value is -0.730. The molecule has 1 aromatic rings. The minimum Gasteiger partial charge on any atom is -0.304 e. The highest BCUT2D eigenvalue weighted by Gasteiger charge is 2.37. The Bertz CT molecular complexity index is 296. The molecule has 2 unspecified atom stereocenters. The summed E-state index contributed by atoms with van der Waals surface area (Å²) in [5.74, 6) is 0. The maximum Gasteiger partial charge on any atom is 0.246 e. The molecule has 0 saturated carbocycles. The van der Waals surface area contributed by atoms with Crippen molar-refractivity contribution in [3.8, 4) is 0 Å². The van der Waals surface area contributed by atoms with Crippen LogP contribution in [0.15, 0.2) is 24.3 Å². The maximum atomic E-state index is 6.40. The Morgan fingerprint density at radius 1 is 1.36 bits per heavy atom. The molecule has 1 heterocycles. The SMILES string of the molecule is CCN1c2ccccc2[NH+](CC)C1Cl. The van der Waals surface area contributed by atoms with E-state index in [0.717, 1.165) is 13.1 Å². The highest BCUT2D eigenvalue weighted by molar-refractivity contribution is 6.21. The number of para-hydroxylation sites is 2. The lowest BCUT2D eigenvalue weighted by Crippen LogP contribution is -3.09. The van der Waals surface area contributed by atoms with E-state index in [0.29, 0.717) is 0 Å². The molecule has 0 aromatic heterocycles. The summed E-state index contributed by atoms with van der Waals surface area (Å²) in [6, 6.07) is 8.47. The summed E-state index contributed by atoms with van der Waals surface area (Å²) in [6.45, 7) is 6.31. The van der Waals surface area contributed by atoms with E-state index in [1.807, 2.05) is 0 Å². The zero-order valence-electron chi connectivity index (χ0n) is 8.63. The predicted octanol–water partition coefficient (Wildman–Crippen LogP) is 1.59. The molecular formula is C11H16ClN2+. The molecule has 0 aliphatic carbocycles. The Balaban J connectivity index is 2.45. The van der Waals surface area contributed by atoms with Crippen LogP contribution in [-0.2, 0) is 0 Å². The molecule has 3 heteroatoms. The number of hydrogen-bond donors (Lipinski definition) is 1. The van der Waals surface area contributed by atoms with Crippen LogP contribution >= 0.6 is 11.6 Å². The number of rotatable bonds is 2. The van der Waals surface area contributed by atoms with Crippen LogP contribution in [0.5, 0.6) is 0 Å². The summed E-state index contributed by atoms with van der Waals surface area (Å²) in [7, 11) is 0. The average molecular weight is 212 g/mol. The topological polar surface area (TPSA) is 7.68 Å². The monoisotopic (exact) mass is 211 g/mol. The van der Waals surface area contributed by atoms with Crippen LogP contribution in [0, 0.1) is 0 Å². The van der Waals surface area contributed by atoms with E-state index in [1.54, 1.807) is 0 Å². The normalized spacial score (nSPS) is 25.2. The van der Waals surface area contributed by atoms with Crippen LogP contribution in [0.3, 0.4) is 0 Å². The van der Waals surface area contributed by atoms with Gasteiger partial charge in [0.2, 0.25) is 5.62 Å². The number of nitrogens with one attached hydrogen (secondary N) is 1. The molecule has 1 aromatic carbocycles. The molecule has 14 heavy (non-hydrogen) atoms. The third-order valence-electron chi connectivity index (χ3n) is 2.84. The number of fused-ring (bicyclic) bond motifs is 1. The van der Waals surface area contributed by atoms with Crippen LogP contribution < -0.4 is 9.80 Å². The largest absolute Gasteiger partial charge is 0.304 e. The van der Waals surface area contributed by atoms with Gasteiger partial charge >= 0.3 is 0 Å². The van der Waals surface area contributed by atoms with E-state index < -0.39 is 0 Å². The first-order valence-electron chi connectivity index (χ1n) is 5.15. The molecule has 0 amide bonds. The zero-order valence-corrected chi connectivity index (χ0v) is 9.38. The minimum absolute atomic E-state index is 0.0578. The van der Waals surface area contributed by atoms with Gasteiger partial charge in [0.15, 0.2) is 5.69 Å². The first-order chi connectivity index (χ1) is 6.79. The van der Waals surface area contributed by atoms with Crippen molar-refractivity contribution in [1.82, 2.24) is 0 Å². The summed E-state index contributed by atoms with van der Waals surface area (Å²) >= 11 is 6.40. The van der Waals surface area contributed by atoms with Gasteiger partial charge < -0.3 is 4.90 Å². The summed E-state index contributed by atoms with van der Waals surface area (Å²) < 4.78 is 0. The van der Waals surface area contributed by atoms with Gasteiger partial charge in [-0.15, -0.1) is 0 Å². The molecule has 0 saturated heterocycles. The number of anilines is 1. The maximum absolute atomic E-state index is 6.40. The van der Waals surface area contributed by atoms with Crippen LogP contribution in [0.1, 0.15) is 13.8 Å². The van der Waals surface area contributed by atoms with E-state index >= 15 is 0 Å². The predicted molar refractivity (Wildman–Crippen MR) is 60.3 cm³/mol.